The van der Waals surface area contributed by atoms with Crippen LogP contribution in [-0.2, 0) is 10.8 Å². The second-order valence-corrected chi connectivity index (χ2v) is 23.7. The summed E-state index contributed by atoms with van der Waals surface area (Å²) in [6.45, 7) is 13.5. The normalized spacial score (nSPS) is 12.3. The van der Waals surface area contributed by atoms with E-state index in [0.29, 0.717) is 0 Å². The highest BCUT2D eigenvalue weighted by atomic mass is 16.3. The van der Waals surface area contributed by atoms with Gasteiger partial charge in [-0.05, 0) is 127 Å². The lowest BCUT2D eigenvalue weighted by atomic mass is 9.86. The Morgan fingerprint density at radius 1 is 0.272 bits per heavy atom. The summed E-state index contributed by atoms with van der Waals surface area (Å²) in [7, 11) is 0. The van der Waals surface area contributed by atoms with Gasteiger partial charge in [0.25, 0.3) is 0 Å². The summed E-state index contributed by atoms with van der Waals surface area (Å²) in [5, 5.41) is 11.0. The highest BCUT2D eigenvalue weighted by Gasteiger charge is 2.27. The summed E-state index contributed by atoms with van der Waals surface area (Å²) >= 11 is 0. The number of nitrogens with zero attached hydrogens (tertiary/aromatic N) is 2. The minimum atomic E-state index is -0.107. The molecule has 81 heavy (non-hydrogen) atoms. The van der Waals surface area contributed by atoms with E-state index >= 15 is 0 Å². The van der Waals surface area contributed by atoms with E-state index in [-0.39, 0.29) is 10.8 Å². The topological polar surface area (TPSA) is 45.9 Å². The highest BCUT2D eigenvalue weighted by molar-refractivity contribution is 6.27. The van der Waals surface area contributed by atoms with E-state index in [9.17, 15) is 0 Å². The second-order valence-electron chi connectivity index (χ2n) is 23.7. The molecule has 0 atom stereocenters. The molecule has 3 heterocycles. The van der Waals surface area contributed by atoms with Gasteiger partial charge in [0.2, 0.25) is 0 Å². The molecule has 3 aromatic heterocycles. The molecule has 0 saturated heterocycles. The van der Waals surface area contributed by atoms with Crippen molar-refractivity contribution in [3.63, 3.8) is 0 Å². The minimum Gasteiger partial charge on any atom is -0.456 e. The second kappa shape index (κ2) is 18.4. The Morgan fingerprint density at radius 2 is 0.642 bits per heavy atom. The summed E-state index contributed by atoms with van der Waals surface area (Å²) in [6, 6.07) is 87.4. The van der Waals surface area contributed by atoms with Crippen molar-refractivity contribution in [1.82, 2.24) is 0 Å². The van der Waals surface area contributed by atoms with Crippen LogP contribution in [0.1, 0.15) is 52.7 Å². The largest absolute Gasteiger partial charge is 0.456 e. The predicted octanol–water partition coefficient (Wildman–Crippen LogP) is 22.6. The van der Waals surface area contributed by atoms with Crippen molar-refractivity contribution in [2.75, 3.05) is 9.80 Å². The van der Waals surface area contributed by atoms with Crippen molar-refractivity contribution in [3.8, 4) is 22.3 Å². The van der Waals surface area contributed by atoms with Crippen LogP contribution in [0.5, 0.6) is 0 Å². The number of hydrogen-bond donors (Lipinski definition) is 0. The van der Waals surface area contributed by atoms with Gasteiger partial charge in [0.15, 0.2) is 11.2 Å². The van der Waals surface area contributed by atoms with E-state index in [1.54, 1.807) is 0 Å². The summed E-state index contributed by atoms with van der Waals surface area (Å²) in [5.74, 6) is 0. The number of rotatable bonds is 8. The molecule has 12 aromatic carbocycles. The van der Waals surface area contributed by atoms with Crippen molar-refractivity contribution in [1.29, 1.82) is 0 Å². The third kappa shape index (κ3) is 7.98. The molecule has 0 fully saturated rings. The number of para-hydroxylation sites is 4. The van der Waals surface area contributed by atoms with Gasteiger partial charge in [-0.15, -0.1) is 0 Å². The molecule has 5 nitrogen and oxygen atoms in total. The smallest absolute Gasteiger partial charge is 0.159 e. The van der Waals surface area contributed by atoms with Crippen LogP contribution in [0.2, 0.25) is 0 Å². The molecule has 0 amide bonds. The molecule has 0 aliphatic carbocycles. The van der Waals surface area contributed by atoms with Crippen LogP contribution in [-0.4, -0.2) is 0 Å². The molecule has 0 unspecified atom stereocenters. The van der Waals surface area contributed by atoms with Gasteiger partial charge in [0.1, 0.15) is 22.3 Å². The minimum absolute atomic E-state index is 0.107. The van der Waals surface area contributed by atoms with Gasteiger partial charge in [-0.3, -0.25) is 0 Å². The van der Waals surface area contributed by atoms with Crippen molar-refractivity contribution in [2.24, 2.45) is 0 Å². The number of furan rings is 3. The van der Waals surface area contributed by atoms with Crippen LogP contribution >= 0.6 is 0 Å². The maximum atomic E-state index is 7.09. The Balaban J connectivity index is 0.907. The fraction of sp³-hybridized carbons (Fsp3) is 0.105. The summed E-state index contributed by atoms with van der Waals surface area (Å²) < 4.78 is 21.0. The van der Waals surface area contributed by atoms with Crippen LogP contribution in [0.25, 0.3) is 110 Å². The third-order valence-corrected chi connectivity index (χ3v) is 16.4. The average Bonchev–Trinajstić information content (AvgIpc) is 4.05. The fourth-order valence-corrected chi connectivity index (χ4v) is 12.6. The molecule has 0 spiro atoms. The first-order valence-electron chi connectivity index (χ1n) is 28.1. The SMILES string of the molecule is CC(C)(C)c1cccc2c1oc1c(N(c3cccc(-c4ccccc4)c3)c3ccc4c(ccc5oc6ccc7cc(N(c8cccc(-c9ccccc9)c8)c8cccc9c8oc8c(C(C)(C)C)cccc89)ccc7c6c54)c3)cccc12. The first-order valence-corrected chi connectivity index (χ1v) is 28.1. The van der Waals surface area contributed by atoms with Gasteiger partial charge in [0, 0.05) is 66.2 Å². The Morgan fingerprint density at radius 3 is 1.06 bits per heavy atom. The Bertz CT molecular complexity index is 4660. The molecular weight excluding hydrogens is 989 g/mol. The molecule has 0 radical (unpaired) electrons. The molecule has 0 bridgehead atoms. The molecule has 0 N–H and O–H groups in total. The van der Waals surface area contributed by atoms with Crippen molar-refractivity contribution < 1.29 is 13.3 Å². The van der Waals surface area contributed by atoms with Gasteiger partial charge in [-0.2, -0.15) is 0 Å². The highest BCUT2D eigenvalue weighted by Crippen LogP contribution is 2.49. The summed E-state index contributed by atoms with van der Waals surface area (Å²) in [6.07, 6.45) is 0. The third-order valence-electron chi connectivity index (χ3n) is 16.4. The lowest BCUT2D eigenvalue weighted by Gasteiger charge is -2.26. The van der Waals surface area contributed by atoms with Crippen molar-refractivity contribution >= 4 is 121 Å². The fourth-order valence-electron chi connectivity index (χ4n) is 12.6. The number of hydrogen-bond acceptors (Lipinski definition) is 5. The Kier molecular flexibility index (Phi) is 11.0. The first-order chi connectivity index (χ1) is 39.4. The molecule has 390 valence electrons. The predicted molar refractivity (Wildman–Crippen MR) is 341 cm³/mol. The van der Waals surface area contributed by atoms with Crippen molar-refractivity contribution in [2.45, 2.75) is 52.4 Å². The molecule has 15 aromatic rings. The molecule has 0 aliphatic heterocycles. The Hall–Kier alpha value is -9.84. The van der Waals surface area contributed by atoms with Crippen LogP contribution in [0.15, 0.2) is 256 Å². The monoisotopic (exact) mass is 1050 g/mol. The van der Waals surface area contributed by atoms with Gasteiger partial charge < -0.3 is 23.1 Å². The zero-order chi connectivity index (χ0) is 54.7. The van der Waals surface area contributed by atoms with Crippen LogP contribution in [0.3, 0.4) is 0 Å². The quantitative estimate of drug-likeness (QED) is 0.152. The van der Waals surface area contributed by atoms with E-state index in [1.807, 2.05) is 0 Å². The Labute approximate surface area is 470 Å². The number of benzene rings is 12. The number of fused-ring (bicyclic) bond motifs is 13. The van der Waals surface area contributed by atoms with Crippen LogP contribution < -0.4 is 9.80 Å². The van der Waals surface area contributed by atoms with E-state index in [2.05, 4.69) is 294 Å². The first kappa shape index (κ1) is 48.3. The lowest BCUT2D eigenvalue weighted by Crippen LogP contribution is -2.11. The van der Waals surface area contributed by atoms with Crippen LogP contribution in [0.4, 0.5) is 34.1 Å². The van der Waals surface area contributed by atoms with Gasteiger partial charge in [0.05, 0.1) is 11.4 Å². The lowest BCUT2D eigenvalue weighted by molar-refractivity contribution is 0.572. The van der Waals surface area contributed by atoms with Gasteiger partial charge in [-0.25, -0.2) is 0 Å². The van der Waals surface area contributed by atoms with E-state index < -0.39 is 0 Å². The van der Waals surface area contributed by atoms with E-state index in [0.717, 1.165) is 144 Å². The zero-order valence-corrected chi connectivity index (χ0v) is 46.2. The maximum Gasteiger partial charge on any atom is 0.159 e. The molecule has 5 heteroatoms. The van der Waals surface area contributed by atoms with Crippen molar-refractivity contribution in [3.05, 3.63) is 254 Å². The standard InChI is InChI=1S/C76H58N2O3/c1-75(2,3)63-31-15-27-59-61-29-17-33-65(73(61)80-71(59)63)77(53-25-13-23-49(43-53)47-19-9-7-10-20-47)55-37-39-57-51(45-55)35-41-67-69(57)70-58-40-38-56(46-52(58)36-42-68(70)79-67)78(54-26-14-24-50(44-54)48-21-11-8-12-22-48)66-34-18-30-62-60-28-16-32-64(76(4,5)6)72(60)81-74(62)66/h7-46H,1-6H3. The van der Waals surface area contributed by atoms with Gasteiger partial charge in [-0.1, -0.05) is 211 Å². The van der Waals surface area contributed by atoms with Gasteiger partial charge >= 0.3 is 0 Å². The summed E-state index contributed by atoms with van der Waals surface area (Å²) in [4.78, 5) is 4.72. The molecule has 15 rings (SSSR count). The number of anilines is 6. The van der Waals surface area contributed by atoms with E-state index in [1.165, 1.54) is 11.1 Å². The molecule has 0 saturated carbocycles. The maximum absolute atomic E-state index is 7.09. The average molecular weight is 1050 g/mol. The van der Waals surface area contributed by atoms with E-state index in [4.69, 9.17) is 13.3 Å². The van der Waals surface area contributed by atoms with Crippen LogP contribution in [0, 0.1) is 0 Å². The summed E-state index contributed by atoms with van der Waals surface area (Å²) in [5.41, 5.74) is 18.0. The zero-order valence-electron chi connectivity index (χ0n) is 46.2. The molecular formula is C76H58N2O3. The molecule has 0 aliphatic rings.